The number of aliphatic hydroxyl groups is 1. The molecular formula is C19H18N4O5S. The van der Waals surface area contributed by atoms with Crippen molar-refractivity contribution in [1.29, 1.82) is 5.26 Å². The smallest absolute Gasteiger partial charge is 0.276 e. The number of nitrogens with one attached hydrogen (secondary N) is 2. The first-order valence-electron chi connectivity index (χ1n) is 8.48. The highest BCUT2D eigenvalue weighted by Crippen LogP contribution is 2.33. The Balaban J connectivity index is 1.97. The van der Waals surface area contributed by atoms with Gasteiger partial charge in [-0.15, -0.1) is 6.42 Å². The molecule has 0 saturated carbocycles. The minimum Gasteiger partial charge on any atom is -0.488 e. The van der Waals surface area contributed by atoms with E-state index in [4.69, 9.17) is 16.4 Å². The van der Waals surface area contributed by atoms with Crippen LogP contribution in [0, 0.1) is 30.6 Å². The van der Waals surface area contributed by atoms with E-state index in [0.29, 0.717) is 11.3 Å². The Morgan fingerprint density at radius 3 is 2.90 bits per heavy atom. The molecule has 2 heterocycles. The summed E-state index contributed by atoms with van der Waals surface area (Å²) in [5.74, 6) is 1.29. The van der Waals surface area contributed by atoms with E-state index in [1.54, 1.807) is 19.1 Å². The van der Waals surface area contributed by atoms with Crippen LogP contribution in [0.5, 0.6) is 5.75 Å². The number of nitriles is 1. The molecule has 3 rings (SSSR count). The Kier molecular flexibility index (Phi) is 5.36. The van der Waals surface area contributed by atoms with E-state index in [1.807, 2.05) is 6.07 Å². The van der Waals surface area contributed by atoms with Gasteiger partial charge in [0.05, 0.1) is 17.7 Å². The third kappa shape index (κ3) is 3.82. The average Bonchev–Trinajstić information content (AvgIpc) is 2.96. The lowest BCUT2D eigenvalue weighted by Crippen LogP contribution is -2.44. The molecule has 1 aliphatic rings. The average molecular weight is 414 g/mol. The molecule has 150 valence electrons. The monoisotopic (exact) mass is 414 g/mol. The van der Waals surface area contributed by atoms with Gasteiger partial charge < -0.3 is 19.7 Å². The van der Waals surface area contributed by atoms with Crippen LogP contribution in [0.15, 0.2) is 29.3 Å². The molecule has 0 spiro atoms. The Morgan fingerprint density at radius 2 is 2.24 bits per heavy atom. The Bertz CT molecular complexity index is 1170. The van der Waals surface area contributed by atoms with Gasteiger partial charge in [-0.2, -0.15) is 5.26 Å². The zero-order valence-electron chi connectivity index (χ0n) is 15.6. The number of ether oxygens (including phenoxy) is 1. The highest BCUT2D eigenvalue weighted by atomic mass is 32.2. The molecule has 0 bridgehead atoms. The number of nitrogens with zero attached hydrogens (tertiary/aromatic N) is 2. The second kappa shape index (κ2) is 7.60. The van der Waals surface area contributed by atoms with Crippen molar-refractivity contribution in [2.45, 2.75) is 24.0 Å². The van der Waals surface area contributed by atoms with Crippen molar-refractivity contribution < 1.29 is 23.1 Å². The van der Waals surface area contributed by atoms with Crippen molar-refractivity contribution in [1.82, 2.24) is 9.29 Å². The van der Waals surface area contributed by atoms with Gasteiger partial charge >= 0.3 is 0 Å². The standard InChI is InChI=1S/C19H18N4O5S/c1-4-15(24)14-10-28-18-16(29(26,27)22-14)9-23(3)17(18)19(25)21-13-6-5-11(2)12(7-13)8-20/h1,5-7,9,14-15,22,24H,10H2,2-3H3,(H,21,25)/t14-,15+/m0/s1. The molecule has 0 saturated heterocycles. The summed E-state index contributed by atoms with van der Waals surface area (Å²) in [6.07, 6.45) is 5.01. The van der Waals surface area contributed by atoms with Crippen molar-refractivity contribution in [3.05, 3.63) is 41.2 Å². The Morgan fingerprint density at radius 1 is 1.52 bits per heavy atom. The number of hydrogen-bond donors (Lipinski definition) is 3. The van der Waals surface area contributed by atoms with E-state index in [9.17, 15) is 18.3 Å². The fraction of sp³-hybridized carbons (Fsp3) is 0.263. The van der Waals surface area contributed by atoms with Crippen molar-refractivity contribution >= 4 is 21.6 Å². The van der Waals surface area contributed by atoms with Crippen LogP contribution in [-0.4, -0.2) is 42.8 Å². The molecular weight excluding hydrogens is 396 g/mol. The molecule has 0 radical (unpaired) electrons. The molecule has 1 aliphatic heterocycles. The number of benzene rings is 1. The van der Waals surface area contributed by atoms with E-state index < -0.39 is 28.1 Å². The van der Waals surface area contributed by atoms with E-state index in [1.165, 1.54) is 23.9 Å². The van der Waals surface area contributed by atoms with E-state index in [-0.39, 0.29) is 22.9 Å². The molecule has 0 fully saturated rings. The second-order valence-electron chi connectivity index (χ2n) is 6.53. The first kappa shape index (κ1) is 20.4. The number of anilines is 1. The fourth-order valence-corrected chi connectivity index (χ4v) is 4.34. The van der Waals surface area contributed by atoms with E-state index in [0.717, 1.165) is 5.56 Å². The van der Waals surface area contributed by atoms with Crippen LogP contribution in [0.3, 0.4) is 0 Å². The van der Waals surface area contributed by atoms with E-state index >= 15 is 0 Å². The summed E-state index contributed by atoms with van der Waals surface area (Å²) in [5, 5.41) is 21.6. The maximum Gasteiger partial charge on any atom is 0.276 e. The maximum atomic E-state index is 12.9. The van der Waals surface area contributed by atoms with Gasteiger partial charge in [0.1, 0.15) is 17.6 Å². The summed E-state index contributed by atoms with van der Waals surface area (Å²) in [5.41, 5.74) is 1.52. The molecule has 29 heavy (non-hydrogen) atoms. The number of hydrogen-bond acceptors (Lipinski definition) is 6. The lowest BCUT2D eigenvalue weighted by molar-refractivity contribution is 0.101. The van der Waals surface area contributed by atoms with Crippen molar-refractivity contribution in [2.75, 3.05) is 11.9 Å². The lowest BCUT2D eigenvalue weighted by Gasteiger charge is -2.17. The summed E-state index contributed by atoms with van der Waals surface area (Å²) in [6.45, 7) is 1.51. The molecule has 3 N–H and O–H groups in total. The minimum absolute atomic E-state index is 0.0275. The van der Waals surface area contributed by atoms with Crippen molar-refractivity contribution in [2.24, 2.45) is 7.05 Å². The number of sulfonamides is 1. The van der Waals surface area contributed by atoms with Gasteiger partial charge in [0.25, 0.3) is 5.91 Å². The molecule has 1 amide bonds. The summed E-state index contributed by atoms with van der Waals surface area (Å²) in [4.78, 5) is 12.6. The highest BCUT2D eigenvalue weighted by Gasteiger charge is 2.36. The van der Waals surface area contributed by atoms with Gasteiger partial charge in [-0.3, -0.25) is 4.79 Å². The Hall–Kier alpha value is -3.31. The van der Waals surface area contributed by atoms with Gasteiger partial charge in [-0.05, 0) is 24.6 Å². The molecule has 9 nitrogen and oxygen atoms in total. The largest absolute Gasteiger partial charge is 0.488 e. The summed E-state index contributed by atoms with van der Waals surface area (Å²) >= 11 is 0. The number of fused-ring (bicyclic) bond motifs is 1. The van der Waals surface area contributed by atoms with Crippen LogP contribution in [0.2, 0.25) is 0 Å². The molecule has 1 aromatic heterocycles. The predicted molar refractivity (Wildman–Crippen MR) is 104 cm³/mol. The third-order valence-electron chi connectivity index (χ3n) is 4.49. The van der Waals surface area contributed by atoms with Crippen LogP contribution in [0.4, 0.5) is 5.69 Å². The van der Waals surface area contributed by atoms with Crippen LogP contribution in [-0.2, 0) is 17.1 Å². The topological polar surface area (TPSA) is 133 Å². The summed E-state index contributed by atoms with van der Waals surface area (Å²) in [6, 6.07) is 5.82. The number of aliphatic hydroxyl groups excluding tert-OH is 1. The maximum absolute atomic E-state index is 12.9. The fourth-order valence-electron chi connectivity index (χ4n) is 2.92. The van der Waals surface area contributed by atoms with Crippen molar-refractivity contribution in [3.63, 3.8) is 0 Å². The quantitative estimate of drug-likeness (QED) is 0.626. The Labute approximate surface area is 168 Å². The van der Waals surface area contributed by atoms with Crippen LogP contribution >= 0.6 is 0 Å². The van der Waals surface area contributed by atoms with Crippen LogP contribution in [0.25, 0.3) is 0 Å². The SMILES string of the molecule is C#C[C@@H](O)[C@@H]1COc2c(cn(C)c2C(=O)Nc2ccc(C)c(C#N)c2)S(=O)(=O)N1. The number of carbonyl (C=O) groups excluding carboxylic acids is 1. The molecule has 0 unspecified atom stereocenters. The second-order valence-corrected chi connectivity index (χ2v) is 8.21. The number of terminal acetylenes is 1. The van der Waals surface area contributed by atoms with Gasteiger partial charge in [-0.25, -0.2) is 13.1 Å². The molecule has 10 heteroatoms. The number of aryl methyl sites for hydroxylation is 2. The number of carbonyl (C=O) groups is 1. The van der Waals surface area contributed by atoms with Gasteiger partial charge in [-0.1, -0.05) is 12.0 Å². The zero-order valence-corrected chi connectivity index (χ0v) is 16.4. The summed E-state index contributed by atoms with van der Waals surface area (Å²) in [7, 11) is -2.58. The first-order valence-corrected chi connectivity index (χ1v) is 9.97. The third-order valence-corrected chi connectivity index (χ3v) is 5.97. The minimum atomic E-state index is -4.08. The highest BCUT2D eigenvalue weighted by molar-refractivity contribution is 7.89. The van der Waals surface area contributed by atoms with Crippen LogP contribution < -0.4 is 14.8 Å². The van der Waals surface area contributed by atoms with Crippen LogP contribution in [0.1, 0.15) is 21.6 Å². The summed E-state index contributed by atoms with van der Waals surface area (Å²) < 4.78 is 34.5. The molecule has 1 aromatic carbocycles. The zero-order chi connectivity index (χ0) is 21.3. The number of amides is 1. The van der Waals surface area contributed by atoms with E-state index in [2.05, 4.69) is 16.0 Å². The predicted octanol–water partition coefficient (Wildman–Crippen LogP) is 0.491. The molecule has 0 aliphatic carbocycles. The van der Waals surface area contributed by atoms with Gasteiger partial charge in [0.15, 0.2) is 11.4 Å². The molecule has 2 atom stereocenters. The van der Waals surface area contributed by atoms with Gasteiger partial charge in [0.2, 0.25) is 10.0 Å². The number of rotatable bonds is 3. The first-order chi connectivity index (χ1) is 13.7. The molecule has 2 aromatic rings. The van der Waals surface area contributed by atoms with Crippen molar-refractivity contribution in [3.8, 4) is 24.2 Å². The van der Waals surface area contributed by atoms with Gasteiger partial charge in [0, 0.05) is 18.9 Å². The normalized spacial score (nSPS) is 18.3. The number of aromatic nitrogens is 1. The lowest BCUT2D eigenvalue weighted by atomic mass is 10.1.